The largest absolute Gasteiger partial charge is 0.350 e. The van der Waals surface area contributed by atoms with E-state index in [-0.39, 0.29) is 22.9 Å². The van der Waals surface area contributed by atoms with Gasteiger partial charge >= 0.3 is 0 Å². The maximum atomic E-state index is 12.1. The van der Waals surface area contributed by atoms with Crippen molar-refractivity contribution in [3.05, 3.63) is 12.0 Å². The Morgan fingerprint density at radius 3 is 2.26 bits per heavy atom. The molecule has 0 aromatic carbocycles. The van der Waals surface area contributed by atoms with E-state index in [4.69, 9.17) is 0 Å². The van der Waals surface area contributed by atoms with Crippen molar-refractivity contribution in [3.63, 3.8) is 0 Å². The third-order valence-electron chi connectivity index (χ3n) is 3.23. The van der Waals surface area contributed by atoms with Crippen molar-refractivity contribution in [1.82, 2.24) is 19.6 Å². The fraction of sp³-hybridized carbons (Fsp3) is 0.733. The molecule has 0 fully saturated rings. The fourth-order valence-corrected chi connectivity index (χ4v) is 3.70. The number of carbonyl (C=O) groups excluding carboxylic acids is 1. The van der Waals surface area contributed by atoms with Crippen molar-refractivity contribution >= 4 is 15.9 Å². The zero-order valence-electron chi connectivity index (χ0n) is 15.0. The van der Waals surface area contributed by atoms with Crippen molar-refractivity contribution in [2.45, 2.75) is 58.5 Å². The summed E-state index contributed by atoms with van der Waals surface area (Å²) in [4.78, 5) is 16.0. The van der Waals surface area contributed by atoms with Gasteiger partial charge in [-0.3, -0.25) is 4.79 Å². The Balaban J connectivity index is 2.65. The summed E-state index contributed by atoms with van der Waals surface area (Å²) in [7, 11) is -2.08. The number of rotatable bonds is 6. The highest BCUT2D eigenvalue weighted by molar-refractivity contribution is 7.89. The van der Waals surface area contributed by atoms with Gasteiger partial charge in [0, 0.05) is 18.8 Å². The maximum Gasteiger partial charge on any atom is 0.260 e. The number of aryl methyl sites for hydroxylation is 2. The molecular formula is C15H28N4O3S. The van der Waals surface area contributed by atoms with Gasteiger partial charge < -0.3 is 9.88 Å². The van der Waals surface area contributed by atoms with E-state index in [1.807, 2.05) is 13.8 Å². The van der Waals surface area contributed by atoms with E-state index in [0.717, 1.165) is 6.42 Å². The molecule has 7 nitrogen and oxygen atoms in total. The number of aromatic nitrogens is 2. The minimum atomic E-state index is -3.79. The Bertz CT molecular complexity index is 650. The average Bonchev–Trinajstić information content (AvgIpc) is 2.64. The van der Waals surface area contributed by atoms with Gasteiger partial charge in [0.2, 0.25) is 5.91 Å². The van der Waals surface area contributed by atoms with Crippen LogP contribution < -0.4 is 10.0 Å². The van der Waals surface area contributed by atoms with Gasteiger partial charge in [0.05, 0.1) is 6.54 Å². The summed E-state index contributed by atoms with van der Waals surface area (Å²) in [5, 5.41) is 2.78. The Morgan fingerprint density at radius 2 is 1.83 bits per heavy atom. The molecule has 1 aromatic rings. The predicted octanol–water partition coefficient (Wildman–Crippen LogP) is 1.34. The molecule has 1 amide bonds. The van der Waals surface area contributed by atoms with Crippen LogP contribution >= 0.6 is 0 Å². The highest BCUT2D eigenvalue weighted by Crippen LogP contribution is 2.26. The van der Waals surface area contributed by atoms with Crippen LogP contribution in [0.25, 0.3) is 0 Å². The maximum absolute atomic E-state index is 12.1. The highest BCUT2D eigenvalue weighted by atomic mass is 32.2. The summed E-state index contributed by atoms with van der Waals surface area (Å²) in [6, 6.07) is 0. The van der Waals surface area contributed by atoms with Crippen molar-refractivity contribution in [1.29, 1.82) is 0 Å². The molecule has 2 N–H and O–H groups in total. The standard InChI is InChI=1S/C15H28N4O3S/c1-11-17-13(9-19(11)7)23(21,22)16-8-12(20)18-15(5,6)10-14(2,3)4/h9,16H,8,10H2,1-7H3,(H,18,20). The molecule has 0 bridgehead atoms. The van der Waals surface area contributed by atoms with Crippen molar-refractivity contribution in [3.8, 4) is 0 Å². The van der Waals surface area contributed by atoms with Gasteiger partial charge in [-0.2, -0.15) is 0 Å². The van der Waals surface area contributed by atoms with E-state index in [1.54, 1.807) is 18.5 Å². The molecule has 1 heterocycles. The molecule has 0 saturated heterocycles. The fourth-order valence-electron chi connectivity index (χ4n) is 2.68. The first kappa shape index (κ1) is 19.6. The molecule has 0 atom stereocenters. The Labute approximate surface area is 138 Å². The monoisotopic (exact) mass is 344 g/mol. The summed E-state index contributed by atoms with van der Waals surface area (Å²) in [5.74, 6) is 0.219. The van der Waals surface area contributed by atoms with Gasteiger partial charge in [-0.05, 0) is 32.6 Å². The molecule has 0 radical (unpaired) electrons. The SMILES string of the molecule is Cc1nc(S(=O)(=O)NCC(=O)NC(C)(C)CC(C)(C)C)cn1C. The lowest BCUT2D eigenvalue weighted by molar-refractivity contribution is -0.121. The first-order valence-electron chi connectivity index (χ1n) is 7.52. The lowest BCUT2D eigenvalue weighted by atomic mass is 9.82. The number of carbonyl (C=O) groups is 1. The third-order valence-corrected chi connectivity index (χ3v) is 4.51. The molecular weight excluding hydrogens is 316 g/mol. The van der Waals surface area contributed by atoms with E-state index in [1.165, 1.54) is 6.20 Å². The number of hydrogen-bond acceptors (Lipinski definition) is 4. The smallest absolute Gasteiger partial charge is 0.260 e. The quantitative estimate of drug-likeness (QED) is 0.814. The lowest BCUT2D eigenvalue weighted by Crippen LogP contribution is -2.49. The van der Waals surface area contributed by atoms with E-state index in [2.05, 4.69) is 35.8 Å². The molecule has 1 rings (SSSR count). The second-order valence-electron chi connectivity index (χ2n) is 7.73. The van der Waals surface area contributed by atoms with Gasteiger partial charge in [0.1, 0.15) is 5.82 Å². The molecule has 132 valence electrons. The van der Waals surface area contributed by atoms with Crippen LogP contribution in [0.3, 0.4) is 0 Å². The van der Waals surface area contributed by atoms with Crippen LogP contribution in [0.4, 0.5) is 0 Å². The second kappa shape index (κ2) is 6.60. The van der Waals surface area contributed by atoms with Crippen LogP contribution in [0.1, 0.15) is 46.9 Å². The van der Waals surface area contributed by atoms with Gasteiger partial charge in [-0.25, -0.2) is 18.1 Å². The summed E-state index contributed by atoms with van der Waals surface area (Å²) in [6.45, 7) is 11.5. The van der Waals surface area contributed by atoms with Crippen LogP contribution in [0.15, 0.2) is 11.2 Å². The Kier molecular flexibility index (Phi) is 5.64. The van der Waals surface area contributed by atoms with Gasteiger partial charge in [0.15, 0.2) is 5.03 Å². The van der Waals surface area contributed by atoms with Crippen molar-refractivity contribution < 1.29 is 13.2 Å². The number of sulfonamides is 1. The first-order valence-corrected chi connectivity index (χ1v) is 9.01. The summed E-state index contributed by atoms with van der Waals surface area (Å²) in [6.07, 6.45) is 2.19. The molecule has 8 heteroatoms. The van der Waals surface area contributed by atoms with Crippen LogP contribution in [-0.2, 0) is 21.9 Å². The molecule has 0 spiro atoms. The molecule has 0 aliphatic heterocycles. The molecule has 1 aromatic heterocycles. The molecule has 0 aliphatic carbocycles. The first-order chi connectivity index (χ1) is 10.2. The lowest BCUT2D eigenvalue weighted by Gasteiger charge is -2.33. The topological polar surface area (TPSA) is 93.1 Å². The Morgan fingerprint density at radius 1 is 1.26 bits per heavy atom. The van der Waals surface area contributed by atoms with Gasteiger partial charge in [-0.1, -0.05) is 20.8 Å². The zero-order valence-corrected chi connectivity index (χ0v) is 15.8. The molecule has 0 saturated carbocycles. The number of nitrogens with one attached hydrogen (secondary N) is 2. The molecule has 23 heavy (non-hydrogen) atoms. The predicted molar refractivity (Wildman–Crippen MR) is 89.4 cm³/mol. The normalized spacial score (nSPS) is 13.2. The van der Waals surface area contributed by atoms with Gasteiger partial charge in [-0.15, -0.1) is 0 Å². The number of hydrogen-bond donors (Lipinski definition) is 2. The van der Waals surface area contributed by atoms with Gasteiger partial charge in [0.25, 0.3) is 10.0 Å². The molecule has 0 aliphatic rings. The summed E-state index contributed by atoms with van der Waals surface area (Å²) < 4.78 is 28.2. The number of imidazole rings is 1. The van der Waals surface area contributed by atoms with Crippen LogP contribution in [0, 0.1) is 12.3 Å². The van der Waals surface area contributed by atoms with Crippen LogP contribution in [0.2, 0.25) is 0 Å². The molecule has 0 unspecified atom stereocenters. The number of nitrogens with zero attached hydrogens (tertiary/aromatic N) is 2. The van der Waals surface area contributed by atoms with E-state index < -0.39 is 15.6 Å². The number of amides is 1. The highest BCUT2D eigenvalue weighted by Gasteiger charge is 2.27. The Hall–Kier alpha value is -1.41. The van der Waals surface area contributed by atoms with E-state index in [0.29, 0.717) is 5.82 Å². The minimum Gasteiger partial charge on any atom is -0.350 e. The van der Waals surface area contributed by atoms with Crippen LogP contribution in [0.5, 0.6) is 0 Å². The van der Waals surface area contributed by atoms with Crippen molar-refractivity contribution in [2.75, 3.05) is 6.54 Å². The average molecular weight is 344 g/mol. The third kappa shape index (κ3) is 6.31. The summed E-state index contributed by atoms with van der Waals surface area (Å²) >= 11 is 0. The zero-order chi connectivity index (χ0) is 18.1. The van der Waals surface area contributed by atoms with Crippen molar-refractivity contribution in [2.24, 2.45) is 12.5 Å². The van der Waals surface area contributed by atoms with E-state index in [9.17, 15) is 13.2 Å². The summed E-state index contributed by atoms with van der Waals surface area (Å²) in [5.41, 5.74) is -0.357. The minimum absolute atomic E-state index is 0.0573. The second-order valence-corrected chi connectivity index (χ2v) is 9.45. The van der Waals surface area contributed by atoms with Crippen LogP contribution in [-0.4, -0.2) is 36.0 Å². The van der Waals surface area contributed by atoms with E-state index >= 15 is 0 Å².